The molecular weight excluding hydrogens is 380 g/mol. The van der Waals surface area contributed by atoms with E-state index in [2.05, 4.69) is 0 Å². The van der Waals surface area contributed by atoms with Gasteiger partial charge >= 0.3 is 0 Å². The number of hydrogen-bond acceptors (Lipinski definition) is 5. The van der Waals surface area contributed by atoms with Crippen molar-refractivity contribution in [2.24, 2.45) is 5.92 Å². The predicted octanol–water partition coefficient (Wildman–Crippen LogP) is 3.44. The van der Waals surface area contributed by atoms with Crippen LogP contribution in [-0.4, -0.2) is 27.9 Å². The number of benzene rings is 3. The summed E-state index contributed by atoms with van der Waals surface area (Å²) in [5.41, 5.74) is 2.45. The molecule has 0 aromatic heterocycles. The summed E-state index contributed by atoms with van der Waals surface area (Å²) in [6, 6.07) is 25.1. The van der Waals surface area contributed by atoms with E-state index in [9.17, 15) is 14.7 Å². The van der Waals surface area contributed by atoms with Crippen LogP contribution in [0.1, 0.15) is 17.2 Å². The highest BCUT2D eigenvalue weighted by Crippen LogP contribution is 2.47. The van der Waals surface area contributed by atoms with E-state index in [1.165, 1.54) is 4.90 Å². The Bertz CT molecular complexity index is 1070. The first-order valence-corrected chi connectivity index (χ1v) is 9.82. The largest absolute Gasteiger partial charge is 0.508 e. The Hall–Kier alpha value is -3.64. The van der Waals surface area contributed by atoms with Crippen LogP contribution in [0, 0.1) is 5.92 Å². The minimum Gasteiger partial charge on any atom is -0.508 e. The number of likely N-dealkylation sites (tertiary alicyclic amines) is 1. The van der Waals surface area contributed by atoms with E-state index in [0.29, 0.717) is 0 Å². The summed E-state index contributed by atoms with van der Waals surface area (Å²) in [5.74, 6) is -1.09. The van der Waals surface area contributed by atoms with E-state index in [1.807, 2.05) is 60.7 Å². The van der Waals surface area contributed by atoms with Crippen LogP contribution in [0.3, 0.4) is 0 Å². The number of nitrogens with zero attached hydrogens (tertiary/aromatic N) is 2. The summed E-state index contributed by atoms with van der Waals surface area (Å²) >= 11 is 0. The van der Waals surface area contributed by atoms with Gasteiger partial charge < -0.3 is 5.11 Å². The fourth-order valence-corrected chi connectivity index (χ4v) is 4.20. The number of anilines is 1. The summed E-state index contributed by atoms with van der Waals surface area (Å²) in [6.45, 7) is 0.225. The SMILES string of the molecule is O=C1[C@@H]2[C@H](ON(c3ccccc3)[C@@H]2c2ccc(O)cc2)C(=O)N1Cc1ccccc1. The maximum absolute atomic E-state index is 13.4. The number of carbonyl (C=O) groups excluding carboxylic acids is 2. The van der Waals surface area contributed by atoms with Crippen molar-refractivity contribution in [1.29, 1.82) is 0 Å². The monoisotopic (exact) mass is 400 g/mol. The number of aromatic hydroxyl groups is 1. The van der Waals surface area contributed by atoms with Crippen molar-refractivity contribution in [2.45, 2.75) is 18.7 Å². The molecule has 2 fully saturated rings. The molecule has 5 rings (SSSR count). The van der Waals surface area contributed by atoms with E-state index in [4.69, 9.17) is 4.84 Å². The van der Waals surface area contributed by atoms with Crippen LogP contribution < -0.4 is 5.06 Å². The van der Waals surface area contributed by atoms with E-state index >= 15 is 0 Å². The van der Waals surface area contributed by atoms with Gasteiger partial charge in [-0.25, -0.2) is 5.06 Å². The quantitative estimate of drug-likeness (QED) is 0.680. The van der Waals surface area contributed by atoms with E-state index in [0.717, 1.165) is 16.8 Å². The van der Waals surface area contributed by atoms with Crippen LogP contribution in [-0.2, 0) is 21.0 Å². The molecule has 3 aromatic carbocycles. The van der Waals surface area contributed by atoms with Crippen LogP contribution >= 0.6 is 0 Å². The van der Waals surface area contributed by atoms with Crippen LogP contribution in [0.15, 0.2) is 84.9 Å². The Kier molecular flexibility index (Phi) is 4.48. The smallest absolute Gasteiger partial charge is 0.262 e. The van der Waals surface area contributed by atoms with Crippen LogP contribution in [0.5, 0.6) is 5.75 Å². The highest BCUT2D eigenvalue weighted by atomic mass is 16.7. The zero-order valence-corrected chi connectivity index (χ0v) is 16.1. The van der Waals surface area contributed by atoms with Crippen LogP contribution in [0.25, 0.3) is 0 Å². The van der Waals surface area contributed by atoms with Gasteiger partial charge in [-0.05, 0) is 35.4 Å². The molecule has 0 saturated carbocycles. The summed E-state index contributed by atoms with van der Waals surface area (Å²) in [5, 5.41) is 11.3. The number of phenols is 1. The van der Waals surface area contributed by atoms with Crippen molar-refractivity contribution in [3.63, 3.8) is 0 Å². The average Bonchev–Trinajstić information content (AvgIpc) is 3.28. The Morgan fingerprint density at radius 2 is 1.43 bits per heavy atom. The molecule has 2 aliphatic heterocycles. The van der Waals surface area contributed by atoms with Crippen LogP contribution in [0.2, 0.25) is 0 Å². The third-order valence-electron chi connectivity index (χ3n) is 5.64. The lowest BCUT2D eigenvalue weighted by Crippen LogP contribution is -2.36. The fraction of sp³-hybridized carbons (Fsp3) is 0.167. The molecule has 1 N–H and O–H groups in total. The number of fused-ring (bicyclic) bond motifs is 1. The Balaban J connectivity index is 1.52. The van der Waals surface area contributed by atoms with E-state index in [-0.39, 0.29) is 24.1 Å². The fourth-order valence-electron chi connectivity index (χ4n) is 4.20. The third kappa shape index (κ3) is 3.02. The molecule has 0 unspecified atom stereocenters. The second kappa shape index (κ2) is 7.31. The zero-order valence-electron chi connectivity index (χ0n) is 16.1. The second-order valence-corrected chi connectivity index (χ2v) is 7.50. The molecule has 0 spiro atoms. The summed E-state index contributed by atoms with van der Waals surface area (Å²) in [7, 11) is 0. The summed E-state index contributed by atoms with van der Waals surface area (Å²) < 4.78 is 0. The molecule has 2 heterocycles. The molecule has 30 heavy (non-hydrogen) atoms. The number of hydrogen-bond donors (Lipinski definition) is 1. The number of hydroxylamine groups is 1. The molecule has 2 amide bonds. The molecular formula is C24H20N2O4. The number of para-hydroxylation sites is 1. The minimum atomic E-state index is -0.875. The Labute approximate surface area is 173 Å². The van der Waals surface area contributed by atoms with Gasteiger partial charge in [-0.1, -0.05) is 60.7 Å². The van der Waals surface area contributed by atoms with Gasteiger partial charge in [0.2, 0.25) is 5.91 Å². The maximum Gasteiger partial charge on any atom is 0.262 e. The normalized spacial score (nSPS) is 23.1. The maximum atomic E-state index is 13.4. The molecule has 3 atom stereocenters. The van der Waals surface area contributed by atoms with Crippen molar-refractivity contribution in [3.05, 3.63) is 96.1 Å². The number of phenolic OH excluding ortho intramolecular Hbond substituents is 1. The topological polar surface area (TPSA) is 70.1 Å². The second-order valence-electron chi connectivity index (χ2n) is 7.50. The lowest BCUT2D eigenvalue weighted by Gasteiger charge is -2.28. The average molecular weight is 400 g/mol. The van der Waals surface area contributed by atoms with Crippen molar-refractivity contribution in [1.82, 2.24) is 4.90 Å². The Morgan fingerprint density at radius 3 is 2.10 bits per heavy atom. The lowest BCUT2D eigenvalue weighted by molar-refractivity contribution is -0.143. The van der Waals surface area contributed by atoms with Gasteiger partial charge in [-0.15, -0.1) is 0 Å². The lowest BCUT2D eigenvalue weighted by atomic mass is 9.90. The summed E-state index contributed by atoms with van der Waals surface area (Å²) in [4.78, 5) is 33.9. The summed E-state index contributed by atoms with van der Waals surface area (Å²) in [6.07, 6.45) is -0.875. The molecule has 150 valence electrons. The van der Waals surface area contributed by atoms with Crippen LogP contribution in [0.4, 0.5) is 5.69 Å². The number of rotatable bonds is 4. The minimum absolute atomic E-state index is 0.139. The number of carbonyl (C=O) groups is 2. The van der Waals surface area contributed by atoms with Gasteiger partial charge in [0, 0.05) is 0 Å². The molecule has 3 aromatic rings. The molecule has 2 aliphatic rings. The van der Waals surface area contributed by atoms with Gasteiger partial charge in [0.25, 0.3) is 5.91 Å². The first kappa shape index (κ1) is 18.4. The third-order valence-corrected chi connectivity index (χ3v) is 5.64. The molecule has 6 nitrogen and oxygen atoms in total. The first-order valence-electron chi connectivity index (χ1n) is 9.82. The molecule has 0 radical (unpaired) electrons. The highest BCUT2D eigenvalue weighted by molar-refractivity contribution is 6.07. The standard InChI is InChI=1S/C24H20N2O4/c27-19-13-11-17(12-14-19)21-20-22(30-26(21)18-9-5-2-6-10-18)24(29)25(23(20)28)15-16-7-3-1-4-8-16/h1-14,20-22,27H,15H2/t20-,21+,22-/m0/s1. The van der Waals surface area contributed by atoms with Gasteiger partial charge in [-0.3, -0.25) is 19.3 Å². The molecule has 2 saturated heterocycles. The van der Waals surface area contributed by atoms with Crippen molar-refractivity contribution in [3.8, 4) is 5.75 Å². The Morgan fingerprint density at radius 1 is 0.800 bits per heavy atom. The van der Waals surface area contributed by atoms with Gasteiger partial charge in [0.05, 0.1) is 18.3 Å². The van der Waals surface area contributed by atoms with Gasteiger partial charge in [0.15, 0.2) is 6.10 Å². The van der Waals surface area contributed by atoms with E-state index < -0.39 is 18.1 Å². The van der Waals surface area contributed by atoms with Crippen molar-refractivity contribution in [2.75, 3.05) is 5.06 Å². The molecule has 0 bridgehead atoms. The van der Waals surface area contributed by atoms with E-state index in [1.54, 1.807) is 29.3 Å². The molecule has 0 aliphatic carbocycles. The van der Waals surface area contributed by atoms with Gasteiger partial charge in [-0.2, -0.15) is 0 Å². The highest BCUT2D eigenvalue weighted by Gasteiger charge is 2.59. The van der Waals surface area contributed by atoms with Crippen molar-refractivity contribution < 1.29 is 19.5 Å². The predicted molar refractivity (Wildman–Crippen MR) is 110 cm³/mol. The van der Waals surface area contributed by atoms with Gasteiger partial charge in [0.1, 0.15) is 11.7 Å². The zero-order chi connectivity index (χ0) is 20.7. The number of imide groups is 1. The first-order chi connectivity index (χ1) is 14.6. The molecule has 6 heteroatoms. The number of amides is 2. The van der Waals surface area contributed by atoms with Crippen molar-refractivity contribution >= 4 is 17.5 Å².